The fraction of sp³-hybridized carbons (Fsp3) is 0.118. The van der Waals surface area contributed by atoms with Gasteiger partial charge in [-0.3, -0.25) is 0 Å². The van der Waals surface area contributed by atoms with Crippen LogP contribution < -0.4 is 10.2 Å². The van der Waals surface area contributed by atoms with E-state index in [1.165, 1.54) is 18.4 Å². The van der Waals surface area contributed by atoms with Gasteiger partial charge < -0.3 is 15.0 Å². The van der Waals surface area contributed by atoms with Crippen LogP contribution >= 0.6 is 23.6 Å². The van der Waals surface area contributed by atoms with Gasteiger partial charge in [-0.05, 0) is 42.5 Å². The van der Waals surface area contributed by atoms with Gasteiger partial charge in [0, 0.05) is 12.7 Å². The van der Waals surface area contributed by atoms with Gasteiger partial charge in [0.2, 0.25) is 0 Å². The fourth-order valence-electron chi connectivity index (χ4n) is 2.17. The van der Waals surface area contributed by atoms with E-state index in [0.29, 0.717) is 15.8 Å². The first-order valence-electron chi connectivity index (χ1n) is 7.17. The Balaban J connectivity index is 1.80. The molecule has 0 amide bonds. The lowest BCUT2D eigenvalue weighted by molar-refractivity contribution is 0.0601. The lowest BCUT2D eigenvalue weighted by Crippen LogP contribution is -2.30. The highest BCUT2D eigenvalue weighted by atomic mass is 32.1. The van der Waals surface area contributed by atoms with Crippen LogP contribution in [0.15, 0.2) is 48.5 Å². The summed E-state index contributed by atoms with van der Waals surface area (Å²) in [7, 11) is 3.26. The normalized spacial score (nSPS) is 10.4. The van der Waals surface area contributed by atoms with Gasteiger partial charge >= 0.3 is 5.97 Å². The zero-order valence-electron chi connectivity index (χ0n) is 13.1. The maximum Gasteiger partial charge on any atom is 0.337 e. The number of hydrogen-bond donors (Lipinski definition) is 1. The first-order valence-corrected chi connectivity index (χ1v) is 8.39. The topological polar surface area (TPSA) is 54.5 Å². The summed E-state index contributed by atoms with van der Waals surface area (Å²) in [6, 6.07) is 15.1. The summed E-state index contributed by atoms with van der Waals surface area (Å²) in [5, 5.41) is 4.37. The van der Waals surface area contributed by atoms with Crippen molar-refractivity contribution in [3.63, 3.8) is 0 Å². The highest BCUT2D eigenvalue weighted by Gasteiger charge is 2.12. The quantitative estimate of drug-likeness (QED) is 0.566. The first kappa shape index (κ1) is 16.4. The van der Waals surface area contributed by atoms with E-state index in [-0.39, 0.29) is 5.97 Å². The van der Waals surface area contributed by atoms with Crippen LogP contribution in [0.25, 0.3) is 10.2 Å². The minimum absolute atomic E-state index is 0.362. The molecule has 0 aliphatic rings. The van der Waals surface area contributed by atoms with E-state index in [2.05, 4.69) is 10.3 Å². The van der Waals surface area contributed by atoms with Crippen molar-refractivity contribution >= 4 is 55.7 Å². The molecule has 5 nitrogen and oxygen atoms in total. The summed E-state index contributed by atoms with van der Waals surface area (Å²) < 4.78 is 5.63. The molecular formula is C17H15N3O2S2. The van der Waals surface area contributed by atoms with Crippen molar-refractivity contribution in [3.05, 3.63) is 54.1 Å². The zero-order valence-corrected chi connectivity index (χ0v) is 14.8. The van der Waals surface area contributed by atoms with Gasteiger partial charge in [-0.1, -0.05) is 29.5 Å². The highest BCUT2D eigenvalue weighted by molar-refractivity contribution is 7.80. The Morgan fingerprint density at radius 1 is 1.25 bits per heavy atom. The Bertz CT molecular complexity index is 893. The first-order chi connectivity index (χ1) is 11.6. The maximum atomic E-state index is 11.6. The number of thiazole rings is 1. The number of anilines is 2. The molecule has 0 radical (unpaired) electrons. The lowest BCUT2D eigenvalue weighted by atomic mass is 10.2. The maximum absolute atomic E-state index is 11.6. The van der Waals surface area contributed by atoms with E-state index in [9.17, 15) is 4.79 Å². The molecular weight excluding hydrogens is 342 g/mol. The number of ether oxygens (including phenoxy) is 1. The van der Waals surface area contributed by atoms with Crippen LogP contribution in [0.3, 0.4) is 0 Å². The van der Waals surface area contributed by atoms with Gasteiger partial charge in [0.1, 0.15) is 0 Å². The van der Waals surface area contributed by atoms with E-state index in [0.717, 1.165) is 15.9 Å². The van der Waals surface area contributed by atoms with E-state index < -0.39 is 0 Å². The molecule has 0 bridgehead atoms. The number of rotatable bonds is 3. The minimum atomic E-state index is -0.362. The standard InChI is InChI=1S/C17H15N3O2S2/c1-20(12-6-4-3-5-7-12)17(23)19-16-18-13-9-8-11(15(21)22-2)10-14(13)24-16/h3-10H,1-2H3,(H,18,19,23). The van der Waals surface area contributed by atoms with Crippen LogP contribution in [-0.2, 0) is 4.74 Å². The third-order valence-corrected chi connectivity index (χ3v) is 4.78. The van der Waals surface area contributed by atoms with Crippen LogP contribution in [0.4, 0.5) is 10.8 Å². The molecule has 0 saturated carbocycles. The summed E-state index contributed by atoms with van der Waals surface area (Å²) in [5.74, 6) is -0.362. The largest absolute Gasteiger partial charge is 0.465 e. The van der Waals surface area contributed by atoms with Gasteiger partial charge in [0.15, 0.2) is 10.2 Å². The molecule has 1 aromatic heterocycles. The van der Waals surface area contributed by atoms with Crippen LogP contribution in [0.5, 0.6) is 0 Å². The molecule has 0 atom stereocenters. The van der Waals surface area contributed by atoms with Crippen molar-refractivity contribution < 1.29 is 9.53 Å². The van der Waals surface area contributed by atoms with Gasteiger partial charge in [-0.25, -0.2) is 9.78 Å². The predicted molar refractivity (Wildman–Crippen MR) is 102 cm³/mol. The number of carbonyl (C=O) groups excluding carboxylic acids is 1. The molecule has 1 N–H and O–H groups in total. The van der Waals surface area contributed by atoms with Crippen molar-refractivity contribution in [1.29, 1.82) is 0 Å². The van der Waals surface area contributed by atoms with Gasteiger partial charge in [-0.2, -0.15) is 0 Å². The molecule has 3 rings (SSSR count). The molecule has 24 heavy (non-hydrogen) atoms. The van der Waals surface area contributed by atoms with Crippen molar-refractivity contribution in [2.24, 2.45) is 0 Å². The molecule has 0 saturated heterocycles. The Labute approximate surface area is 148 Å². The second-order valence-electron chi connectivity index (χ2n) is 5.02. The van der Waals surface area contributed by atoms with Crippen molar-refractivity contribution in [3.8, 4) is 0 Å². The smallest absolute Gasteiger partial charge is 0.337 e. The fourth-order valence-corrected chi connectivity index (χ4v) is 3.34. The Kier molecular flexibility index (Phi) is 4.73. The third kappa shape index (κ3) is 3.37. The molecule has 0 aliphatic heterocycles. The summed E-state index contributed by atoms with van der Waals surface area (Å²) in [6.07, 6.45) is 0. The third-order valence-electron chi connectivity index (χ3n) is 3.47. The van der Waals surface area contributed by atoms with Crippen LogP contribution in [-0.4, -0.2) is 30.2 Å². The predicted octanol–water partition coefficient (Wildman–Crippen LogP) is 3.92. The van der Waals surface area contributed by atoms with E-state index in [4.69, 9.17) is 17.0 Å². The summed E-state index contributed by atoms with van der Waals surface area (Å²) in [5.41, 5.74) is 2.30. The lowest BCUT2D eigenvalue weighted by Gasteiger charge is -2.19. The second kappa shape index (κ2) is 6.94. The molecule has 2 aromatic carbocycles. The number of hydrogen-bond acceptors (Lipinski definition) is 5. The highest BCUT2D eigenvalue weighted by Crippen LogP contribution is 2.27. The number of aromatic nitrogens is 1. The van der Waals surface area contributed by atoms with E-state index >= 15 is 0 Å². The Morgan fingerprint density at radius 2 is 2.00 bits per heavy atom. The van der Waals surface area contributed by atoms with Crippen molar-refractivity contribution in [2.45, 2.75) is 0 Å². The summed E-state index contributed by atoms with van der Waals surface area (Å²) in [4.78, 5) is 18.0. The monoisotopic (exact) mass is 357 g/mol. The number of para-hydroxylation sites is 1. The molecule has 0 unspecified atom stereocenters. The number of benzene rings is 2. The average molecular weight is 357 g/mol. The summed E-state index contributed by atoms with van der Waals surface area (Å²) in [6.45, 7) is 0. The molecule has 0 spiro atoms. The molecule has 0 fully saturated rings. The number of carbonyl (C=O) groups is 1. The Hall–Kier alpha value is -2.51. The van der Waals surface area contributed by atoms with Gasteiger partial charge in [0.25, 0.3) is 0 Å². The molecule has 0 aliphatic carbocycles. The van der Waals surface area contributed by atoms with E-state index in [1.54, 1.807) is 18.2 Å². The number of nitrogens with one attached hydrogen (secondary N) is 1. The molecule has 3 aromatic rings. The van der Waals surface area contributed by atoms with Crippen molar-refractivity contribution in [1.82, 2.24) is 4.98 Å². The van der Waals surface area contributed by atoms with Gasteiger partial charge in [0.05, 0.1) is 22.9 Å². The SMILES string of the molecule is COC(=O)c1ccc2nc(NC(=S)N(C)c3ccccc3)sc2c1. The molecule has 1 heterocycles. The molecule has 122 valence electrons. The summed E-state index contributed by atoms with van der Waals surface area (Å²) >= 11 is 6.87. The number of nitrogens with zero attached hydrogens (tertiary/aromatic N) is 2. The van der Waals surface area contributed by atoms with E-state index in [1.807, 2.05) is 42.3 Å². The van der Waals surface area contributed by atoms with Crippen LogP contribution in [0.2, 0.25) is 0 Å². The molecule has 7 heteroatoms. The number of fused-ring (bicyclic) bond motifs is 1. The number of thiocarbonyl (C=S) groups is 1. The number of esters is 1. The van der Waals surface area contributed by atoms with Crippen molar-refractivity contribution in [2.75, 3.05) is 24.4 Å². The Morgan fingerprint density at radius 3 is 2.71 bits per heavy atom. The number of methoxy groups -OCH3 is 1. The average Bonchev–Trinajstić information content (AvgIpc) is 3.02. The zero-order chi connectivity index (χ0) is 17.1. The van der Waals surface area contributed by atoms with Crippen LogP contribution in [0, 0.1) is 0 Å². The second-order valence-corrected chi connectivity index (χ2v) is 6.44. The van der Waals surface area contributed by atoms with Crippen LogP contribution in [0.1, 0.15) is 10.4 Å². The minimum Gasteiger partial charge on any atom is -0.465 e. The van der Waals surface area contributed by atoms with Gasteiger partial charge in [-0.15, -0.1) is 0 Å².